The van der Waals surface area contributed by atoms with Crippen molar-refractivity contribution >= 4 is 23.5 Å². The third-order valence-electron chi connectivity index (χ3n) is 3.31. The Balaban J connectivity index is 2.69. The van der Waals surface area contributed by atoms with Crippen LogP contribution in [0.4, 0.5) is 0 Å². The van der Waals surface area contributed by atoms with Gasteiger partial charge in [-0.05, 0) is 31.4 Å². The molecule has 0 spiro atoms. The van der Waals surface area contributed by atoms with Crippen molar-refractivity contribution < 1.29 is 10.0 Å². The molecule has 1 fully saturated rings. The summed E-state index contributed by atoms with van der Waals surface area (Å²) in [5.74, 6) is 1.82. The average molecular weight is 287 g/mol. The van der Waals surface area contributed by atoms with Gasteiger partial charge in [0.2, 0.25) is 5.91 Å². The third kappa shape index (κ3) is 4.60. The topological polar surface area (TPSA) is 78.9 Å². The van der Waals surface area contributed by atoms with Crippen molar-refractivity contribution in [2.45, 2.75) is 44.8 Å². The summed E-state index contributed by atoms with van der Waals surface area (Å²) in [6, 6.07) is 0. The predicted molar refractivity (Wildman–Crippen MR) is 79.5 cm³/mol. The number of amidine groups is 1. The van der Waals surface area contributed by atoms with Gasteiger partial charge in [0, 0.05) is 19.5 Å². The van der Waals surface area contributed by atoms with Gasteiger partial charge in [-0.2, -0.15) is 0 Å². The van der Waals surface area contributed by atoms with Crippen LogP contribution in [0, 0.1) is 5.92 Å². The molecule has 1 aliphatic rings. The Morgan fingerprint density at radius 1 is 1.58 bits per heavy atom. The van der Waals surface area contributed by atoms with Gasteiger partial charge < -0.3 is 15.8 Å². The maximum absolute atomic E-state index is 12.7. The van der Waals surface area contributed by atoms with Crippen LogP contribution in [-0.4, -0.2) is 45.4 Å². The first-order valence-corrected chi connectivity index (χ1v) is 7.77. The summed E-state index contributed by atoms with van der Waals surface area (Å²) in [6.45, 7) is 7.45. The van der Waals surface area contributed by atoms with Crippen LogP contribution >= 0.6 is 11.8 Å². The molecule has 1 aliphatic heterocycles. The summed E-state index contributed by atoms with van der Waals surface area (Å²) >= 11 is 1.75. The molecule has 1 saturated heterocycles. The van der Waals surface area contributed by atoms with E-state index in [9.17, 15) is 4.79 Å². The van der Waals surface area contributed by atoms with E-state index >= 15 is 0 Å². The van der Waals surface area contributed by atoms with Gasteiger partial charge in [-0.15, -0.1) is 11.8 Å². The smallest absolute Gasteiger partial charge is 0.238 e. The van der Waals surface area contributed by atoms with Gasteiger partial charge in [0.15, 0.2) is 0 Å². The van der Waals surface area contributed by atoms with Crippen molar-refractivity contribution in [2.24, 2.45) is 16.8 Å². The summed E-state index contributed by atoms with van der Waals surface area (Å²) in [7, 11) is 0. The summed E-state index contributed by atoms with van der Waals surface area (Å²) in [4.78, 5) is 14.5. The minimum atomic E-state index is -0.292. The van der Waals surface area contributed by atoms with Crippen molar-refractivity contribution in [3.05, 3.63) is 0 Å². The third-order valence-corrected chi connectivity index (χ3v) is 4.82. The second-order valence-corrected chi connectivity index (χ2v) is 7.27. The van der Waals surface area contributed by atoms with Crippen LogP contribution in [0.2, 0.25) is 0 Å². The first-order chi connectivity index (χ1) is 8.89. The van der Waals surface area contributed by atoms with Crippen LogP contribution in [0.5, 0.6) is 0 Å². The summed E-state index contributed by atoms with van der Waals surface area (Å²) in [5, 5.41) is 11.6. The quantitative estimate of drug-likeness (QED) is 0.338. The Morgan fingerprint density at radius 2 is 2.26 bits per heavy atom. The van der Waals surface area contributed by atoms with Gasteiger partial charge in [0.25, 0.3) is 0 Å². The molecular formula is C13H25N3O2S. The fraction of sp³-hybridized carbons (Fsp3) is 0.846. The van der Waals surface area contributed by atoms with Crippen LogP contribution in [0.1, 0.15) is 40.0 Å². The monoisotopic (exact) mass is 287 g/mol. The molecule has 0 aromatic rings. The largest absolute Gasteiger partial charge is 0.409 e. The molecule has 0 aromatic carbocycles. The van der Waals surface area contributed by atoms with Gasteiger partial charge >= 0.3 is 0 Å². The van der Waals surface area contributed by atoms with Crippen LogP contribution in [0.25, 0.3) is 0 Å². The second kappa shape index (κ2) is 7.03. The molecule has 1 heterocycles. The molecule has 19 heavy (non-hydrogen) atoms. The fourth-order valence-electron chi connectivity index (χ4n) is 2.30. The minimum absolute atomic E-state index is 0.172. The molecule has 3 N–H and O–H groups in total. The highest BCUT2D eigenvalue weighted by molar-refractivity contribution is 8.01. The molecule has 0 bridgehead atoms. The summed E-state index contributed by atoms with van der Waals surface area (Å²) in [6.07, 6.45) is 2.45. The lowest BCUT2D eigenvalue weighted by Crippen LogP contribution is -2.46. The first kappa shape index (κ1) is 16.1. The molecule has 1 atom stereocenters. The van der Waals surface area contributed by atoms with Crippen molar-refractivity contribution in [3.8, 4) is 0 Å². The Hall–Kier alpha value is -0.910. The van der Waals surface area contributed by atoms with Crippen molar-refractivity contribution in [3.63, 3.8) is 0 Å². The molecule has 0 aliphatic carbocycles. The van der Waals surface area contributed by atoms with Crippen LogP contribution in [0.15, 0.2) is 5.16 Å². The predicted octanol–water partition coefficient (Wildman–Crippen LogP) is 1.89. The van der Waals surface area contributed by atoms with Gasteiger partial charge in [-0.1, -0.05) is 19.0 Å². The molecular weight excluding hydrogens is 262 g/mol. The van der Waals surface area contributed by atoms with E-state index in [1.165, 1.54) is 0 Å². The maximum atomic E-state index is 12.7. The number of nitrogens with two attached hydrogens (primary N) is 1. The summed E-state index contributed by atoms with van der Waals surface area (Å²) in [5.41, 5.74) is 5.50. The first-order valence-electron chi connectivity index (χ1n) is 6.79. The van der Waals surface area contributed by atoms with E-state index in [4.69, 9.17) is 10.9 Å². The number of rotatable bonds is 6. The number of amides is 1. The SMILES string of the molecule is CC(C)CN(CCC(N)=NO)C(=O)C1(C)CCCS1. The molecule has 1 unspecified atom stereocenters. The van der Waals surface area contributed by atoms with E-state index in [-0.39, 0.29) is 16.5 Å². The highest BCUT2D eigenvalue weighted by atomic mass is 32.2. The highest BCUT2D eigenvalue weighted by Crippen LogP contribution is 2.39. The number of thioether (sulfide) groups is 1. The van der Waals surface area contributed by atoms with Gasteiger partial charge in [-0.3, -0.25) is 4.79 Å². The van der Waals surface area contributed by atoms with Crippen molar-refractivity contribution in [2.75, 3.05) is 18.8 Å². The van der Waals surface area contributed by atoms with E-state index in [0.717, 1.165) is 18.6 Å². The zero-order chi connectivity index (χ0) is 14.5. The molecule has 5 nitrogen and oxygen atoms in total. The van der Waals surface area contributed by atoms with Crippen molar-refractivity contribution in [1.29, 1.82) is 0 Å². The van der Waals surface area contributed by atoms with E-state index in [2.05, 4.69) is 19.0 Å². The molecule has 110 valence electrons. The van der Waals surface area contributed by atoms with Crippen LogP contribution in [-0.2, 0) is 4.79 Å². The molecule has 6 heteroatoms. The number of oxime groups is 1. The standard InChI is InChI=1S/C13H25N3O2S/c1-10(2)9-16(7-5-11(14)15-18)12(17)13(3)6-4-8-19-13/h10,18H,4-9H2,1-3H3,(H2,14,15). The lowest BCUT2D eigenvalue weighted by molar-refractivity contribution is -0.133. The molecule has 0 aromatic heterocycles. The van der Waals surface area contributed by atoms with E-state index in [1.54, 1.807) is 11.8 Å². The number of hydrogen-bond acceptors (Lipinski definition) is 4. The van der Waals surface area contributed by atoms with Crippen LogP contribution in [0.3, 0.4) is 0 Å². The van der Waals surface area contributed by atoms with E-state index in [0.29, 0.717) is 25.4 Å². The van der Waals surface area contributed by atoms with E-state index in [1.807, 2.05) is 11.8 Å². The molecule has 0 radical (unpaired) electrons. The van der Waals surface area contributed by atoms with Gasteiger partial charge in [0.05, 0.1) is 4.75 Å². The summed E-state index contributed by atoms with van der Waals surface area (Å²) < 4.78 is -0.292. The number of carbonyl (C=O) groups excluding carboxylic acids is 1. The lowest BCUT2D eigenvalue weighted by Gasteiger charge is -2.32. The maximum Gasteiger partial charge on any atom is 0.238 e. The zero-order valence-corrected chi connectivity index (χ0v) is 12.9. The Labute approximate surface area is 119 Å². The highest BCUT2D eigenvalue weighted by Gasteiger charge is 2.39. The Bertz CT molecular complexity index is 339. The Kier molecular flexibility index (Phi) is 5.97. The normalized spacial score (nSPS) is 23.9. The minimum Gasteiger partial charge on any atom is -0.409 e. The number of carbonyl (C=O) groups is 1. The van der Waals surface area contributed by atoms with Crippen LogP contribution < -0.4 is 5.73 Å². The molecule has 1 amide bonds. The van der Waals surface area contributed by atoms with Gasteiger partial charge in [-0.25, -0.2) is 0 Å². The Morgan fingerprint density at radius 3 is 2.74 bits per heavy atom. The number of hydrogen-bond donors (Lipinski definition) is 2. The molecule has 1 rings (SSSR count). The zero-order valence-electron chi connectivity index (χ0n) is 12.1. The second-order valence-electron chi connectivity index (χ2n) is 5.67. The lowest BCUT2D eigenvalue weighted by atomic mass is 10.0. The average Bonchev–Trinajstić information content (AvgIpc) is 2.80. The molecule has 0 saturated carbocycles. The van der Waals surface area contributed by atoms with Crippen molar-refractivity contribution in [1.82, 2.24) is 4.90 Å². The fourth-order valence-corrected chi connectivity index (χ4v) is 3.58. The van der Waals surface area contributed by atoms with Gasteiger partial charge in [0.1, 0.15) is 5.84 Å². The van der Waals surface area contributed by atoms with E-state index < -0.39 is 0 Å². The number of nitrogens with zero attached hydrogens (tertiary/aromatic N) is 2.